The number of nitro groups is 1. The predicted molar refractivity (Wildman–Crippen MR) is 79.2 cm³/mol. The van der Waals surface area contributed by atoms with E-state index in [9.17, 15) is 14.9 Å². The maximum atomic E-state index is 11.9. The molecule has 0 spiro atoms. The molecule has 1 N–H and O–H groups in total. The molecule has 2 aromatic rings. The molecule has 0 unspecified atom stereocenters. The number of nitrogens with zero attached hydrogens (tertiary/aromatic N) is 6. The van der Waals surface area contributed by atoms with Gasteiger partial charge >= 0.3 is 5.95 Å². The van der Waals surface area contributed by atoms with Crippen molar-refractivity contribution >= 4 is 33.5 Å². The Morgan fingerprint density at radius 2 is 2.23 bits per heavy atom. The number of benzene rings is 1. The number of hydrazone groups is 1. The molecule has 0 aliphatic rings. The van der Waals surface area contributed by atoms with Crippen LogP contribution >= 0.6 is 15.9 Å². The lowest BCUT2D eigenvalue weighted by Gasteiger charge is -2.03. The normalized spacial score (nSPS) is 11.3. The number of amides is 1. The second-order valence-electron chi connectivity index (χ2n) is 4.14. The van der Waals surface area contributed by atoms with Crippen LogP contribution in [0.1, 0.15) is 17.3 Å². The molecule has 2 rings (SSSR count). The minimum atomic E-state index is -0.745. The van der Waals surface area contributed by atoms with E-state index in [1.165, 1.54) is 0 Å². The first-order chi connectivity index (χ1) is 10.5. The number of halogens is 1. The summed E-state index contributed by atoms with van der Waals surface area (Å²) >= 11 is 3.27. The zero-order chi connectivity index (χ0) is 16.1. The maximum absolute atomic E-state index is 11.9. The van der Waals surface area contributed by atoms with Crippen LogP contribution in [0.5, 0.6) is 0 Å². The summed E-state index contributed by atoms with van der Waals surface area (Å²) in [5.41, 5.74) is 3.28. The first-order valence-corrected chi connectivity index (χ1v) is 6.77. The average Bonchev–Trinajstić information content (AvgIpc) is 2.94. The highest BCUT2D eigenvalue weighted by Crippen LogP contribution is 2.15. The van der Waals surface area contributed by atoms with Gasteiger partial charge in [0.15, 0.2) is 0 Å². The second-order valence-corrected chi connectivity index (χ2v) is 5.00. The Hall–Kier alpha value is -2.69. The SMILES string of the molecule is C/C(Cn1nnc([N+](=O)[O-])n1)=N\NC(=O)c1ccccc1Br. The molecular formula is C11H10BrN7O3. The van der Waals surface area contributed by atoms with Crippen molar-refractivity contribution in [2.75, 3.05) is 0 Å². The van der Waals surface area contributed by atoms with Gasteiger partial charge in [0.1, 0.15) is 6.54 Å². The number of hydrogen-bond acceptors (Lipinski definition) is 7. The number of aromatic nitrogens is 4. The molecule has 0 radical (unpaired) electrons. The lowest BCUT2D eigenvalue weighted by Crippen LogP contribution is -2.21. The molecule has 1 heterocycles. The summed E-state index contributed by atoms with van der Waals surface area (Å²) in [5.74, 6) is -0.977. The molecule has 1 aromatic heterocycles. The Kier molecular flexibility index (Phi) is 4.88. The van der Waals surface area contributed by atoms with Crippen LogP contribution in [0.2, 0.25) is 0 Å². The summed E-state index contributed by atoms with van der Waals surface area (Å²) in [7, 11) is 0. The van der Waals surface area contributed by atoms with Crippen molar-refractivity contribution in [1.29, 1.82) is 0 Å². The Labute approximate surface area is 132 Å². The molecule has 1 aromatic carbocycles. The van der Waals surface area contributed by atoms with E-state index >= 15 is 0 Å². The van der Waals surface area contributed by atoms with Gasteiger partial charge in [0.05, 0.1) is 21.5 Å². The average molecular weight is 368 g/mol. The number of nitrogens with one attached hydrogen (secondary N) is 1. The summed E-state index contributed by atoms with van der Waals surface area (Å²) in [4.78, 5) is 22.6. The van der Waals surface area contributed by atoms with Gasteiger partial charge in [-0.1, -0.05) is 16.9 Å². The van der Waals surface area contributed by atoms with Crippen molar-refractivity contribution in [3.05, 3.63) is 44.4 Å². The van der Waals surface area contributed by atoms with Gasteiger partial charge in [-0.25, -0.2) is 5.43 Å². The van der Waals surface area contributed by atoms with Gasteiger partial charge in [-0.2, -0.15) is 5.10 Å². The van der Waals surface area contributed by atoms with Crippen LogP contribution in [0.4, 0.5) is 5.95 Å². The fraction of sp³-hybridized carbons (Fsp3) is 0.182. The third-order valence-electron chi connectivity index (χ3n) is 2.44. The summed E-state index contributed by atoms with van der Waals surface area (Å²) in [6, 6.07) is 6.91. The molecular weight excluding hydrogens is 358 g/mol. The van der Waals surface area contributed by atoms with E-state index in [4.69, 9.17) is 0 Å². The molecule has 1 amide bonds. The quantitative estimate of drug-likeness (QED) is 0.479. The molecule has 0 atom stereocenters. The van der Waals surface area contributed by atoms with E-state index in [0.717, 1.165) is 4.80 Å². The van der Waals surface area contributed by atoms with Crippen LogP contribution in [-0.2, 0) is 6.54 Å². The molecule has 22 heavy (non-hydrogen) atoms. The predicted octanol–water partition coefficient (Wildman–Crippen LogP) is 1.15. The van der Waals surface area contributed by atoms with E-state index in [-0.39, 0.29) is 12.5 Å². The number of hydrogen-bond donors (Lipinski definition) is 1. The van der Waals surface area contributed by atoms with Crippen LogP contribution in [0.3, 0.4) is 0 Å². The van der Waals surface area contributed by atoms with E-state index < -0.39 is 10.9 Å². The molecule has 0 fully saturated rings. The van der Waals surface area contributed by atoms with Crippen LogP contribution in [0, 0.1) is 10.1 Å². The lowest BCUT2D eigenvalue weighted by molar-refractivity contribution is -0.394. The minimum absolute atomic E-state index is 0.0665. The molecule has 0 saturated heterocycles. The second kappa shape index (κ2) is 6.85. The van der Waals surface area contributed by atoms with Gasteiger partial charge in [0.2, 0.25) is 0 Å². The largest absolute Gasteiger partial charge is 0.514 e. The van der Waals surface area contributed by atoms with E-state index in [1.807, 2.05) is 0 Å². The highest BCUT2D eigenvalue weighted by molar-refractivity contribution is 9.10. The Balaban J connectivity index is 1.99. The van der Waals surface area contributed by atoms with Crippen molar-refractivity contribution in [3.8, 4) is 0 Å². The van der Waals surface area contributed by atoms with E-state index in [1.54, 1.807) is 31.2 Å². The topological polar surface area (TPSA) is 128 Å². The molecule has 0 bridgehead atoms. The van der Waals surface area contributed by atoms with Gasteiger partial charge in [-0.15, -0.1) is 0 Å². The van der Waals surface area contributed by atoms with Gasteiger partial charge in [-0.05, 0) is 39.9 Å². The Bertz CT molecular complexity index is 743. The van der Waals surface area contributed by atoms with Crippen LogP contribution in [-0.4, -0.2) is 36.7 Å². The van der Waals surface area contributed by atoms with E-state index in [2.05, 4.69) is 41.9 Å². The maximum Gasteiger partial charge on any atom is 0.514 e. The Morgan fingerprint density at radius 3 is 2.86 bits per heavy atom. The third-order valence-corrected chi connectivity index (χ3v) is 3.13. The first kappa shape index (κ1) is 15.7. The molecule has 11 heteroatoms. The Morgan fingerprint density at radius 1 is 1.50 bits per heavy atom. The summed E-state index contributed by atoms with van der Waals surface area (Å²) in [5, 5.41) is 24.6. The van der Waals surface area contributed by atoms with Crippen molar-refractivity contribution in [2.45, 2.75) is 13.5 Å². The van der Waals surface area contributed by atoms with Crippen LogP contribution in [0.15, 0.2) is 33.8 Å². The fourth-order valence-corrected chi connectivity index (χ4v) is 1.93. The van der Waals surface area contributed by atoms with Crippen molar-refractivity contribution in [2.24, 2.45) is 5.10 Å². The van der Waals surface area contributed by atoms with Gasteiger partial charge < -0.3 is 10.1 Å². The standard InChI is InChI=1S/C11H10BrN7O3/c1-7(6-18-16-11(15-17-18)19(21)22)13-14-10(20)8-4-2-3-5-9(8)12/h2-5H,6H2,1H3,(H,14,20)/b13-7+. The van der Waals surface area contributed by atoms with Gasteiger partial charge in [0.25, 0.3) is 5.91 Å². The van der Waals surface area contributed by atoms with Gasteiger partial charge in [0, 0.05) is 9.69 Å². The number of rotatable bonds is 5. The molecule has 0 aliphatic carbocycles. The zero-order valence-corrected chi connectivity index (χ0v) is 12.9. The van der Waals surface area contributed by atoms with E-state index in [0.29, 0.717) is 15.7 Å². The number of carbonyl (C=O) groups excluding carboxylic acids is 1. The minimum Gasteiger partial charge on any atom is -0.390 e. The molecule has 0 aliphatic heterocycles. The summed E-state index contributed by atoms with van der Waals surface area (Å²) < 4.78 is 0.647. The third kappa shape index (κ3) is 3.91. The smallest absolute Gasteiger partial charge is 0.390 e. The summed E-state index contributed by atoms with van der Waals surface area (Å²) in [6.45, 7) is 1.69. The fourth-order valence-electron chi connectivity index (χ4n) is 1.47. The molecule has 114 valence electrons. The monoisotopic (exact) mass is 367 g/mol. The summed E-state index contributed by atoms with van der Waals surface area (Å²) in [6.07, 6.45) is 0. The number of carbonyl (C=O) groups is 1. The highest BCUT2D eigenvalue weighted by atomic mass is 79.9. The molecule has 0 saturated carbocycles. The number of tetrazole rings is 1. The highest BCUT2D eigenvalue weighted by Gasteiger charge is 2.15. The van der Waals surface area contributed by atoms with Crippen molar-refractivity contribution in [1.82, 2.24) is 25.6 Å². The molecule has 10 nitrogen and oxygen atoms in total. The van der Waals surface area contributed by atoms with Crippen molar-refractivity contribution in [3.63, 3.8) is 0 Å². The van der Waals surface area contributed by atoms with Crippen LogP contribution in [0.25, 0.3) is 0 Å². The zero-order valence-electron chi connectivity index (χ0n) is 11.3. The first-order valence-electron chi connectivity index (χ1n) is 5.97. The van der Waals surface area contributed by atoms with Gasteiger partial charge in [-0.3, -0.25) is 4.79 Å². The van der Waals surface area contributed by atoms with Crippen LogP contribution < -0.4 is 5.43 Å². The lowest BCUT2D eigenvalue weighted by atomic mass is 10.2. The van der Waals surface area contributed by atoms with Crippen molar-refractivity contribution < 1.29 is 9.72 Å².